The van der Waals surface area contributed by atoms with E-state index in [9.17, 15) is 9.90 Å². The highest BCUT2D eigenvalue weighted by atomic mass is 16.5. The number of anilines is 1. The number of carbonyl (C=O) groups excluding carboxylic acids is 1. The number of para-hydroxylation sites is 2. The van der Waals surface area contributed by atoms with Crippen LogP contribution in [-0.4, -0.2) is 55.3 Å². The maximum Gasteiger partial charge on any atom is 0.228 e. The number of benzene rings is 1. The molecular formula is C41H62N2O3. The molecule has 0 spiro atoms. The minimum atomic E-state index is -0.305. The summed E-state index contributed by atoms with van der Waals surface area (Å²) in [6.07, 6.45) is 14.0. The van der Waals surface area contributed by atoms with Crippen LogP contribution in [0.5, 0.6) is 5.75 Å². The number of methoxy groups -OCH3 is 1. The predicted molar refractivity (Wildman–Crippen MR) is 187 cm³/mol. The highest BCUT2D eigenvalue weighted by Crippen LogP contribution is 2.75. The molecule has 0 radical (unpaired) electrons. The van der Waals surface area contributed by atoms with Crippen LogP contribution < -0.4 is 9.64 Å². The standard InChI is InChI=1S/C41H62N2O3/c1-36(2)32-15-18-41(7)33(39(32,5)17-16-34(36)44)14-13-28-29-27-38(4,20-19-37(29,3)21-22-40(28,41)6)35(45)43-25-23-42(24-26-43)30-11-9-10-12-31(30)46-8/h9-13,29,32-34,44H,14-27H2,1-8H3/t29-,32-,33+,34-,37+,38-,39-,40+,41+/m0/s1. The first kappa shape index (κ1) is 32.5. The van der Waals surface area contributed by atoms with Crippen molar-refractivity contribution in [3.05, 3.63) is 35.9 Å². The van der Waals surface area contributed by atoms with Crippen LogP contribution in [0.3, 0.4) is 0 Å². The number of ether oxygens (including phenoxy) is 1. The lowest BCUT2D eigenvalue weighted by Gasteiger charge is -2.71. The molecule has 0 unspecified atom stereocenters. The molecule has 9 atom stereocenters. The van der Waals surface area contributed by atoms with E-state index in [1.54, 1.807) is 12.7 Å². The molecule has 1 aromatic rings. The number of carbonyl (C=O) groups is 1. The second-order valence-corrected chi connectivity index (χ2v) is 18.6. The van der Waals surface area contributed by atoms with E-state index in [2.05, 4.69) is 76.5 Å². The molecule has 5 heteroatoms. The van der Waals surface area contributed by atoms with Crippen LogP contribution in [0.15, 0.2) is 35.9 Å². The summed E-state index contributed by atoms with van der Waals surface area (Å²) in [5.41, 5.74) is 3.52. The molecule has 254 valence electrons. The predicted octanol–water partition coefficient (Wildman–Crippen LogP) is 8.51. The molecule has 46 heavy (non-hydrogen) atoms. The minimum Gasteiger partial charge on any atom is -0.495 e. The third kappa shape index (κ3) is 4.44. The average Bonchev–Trinajstić information content (AvgIpc) is 3.04. The zero-order chi connectivity index (χ0) is 32.9. The van der Waals surface area contributed by atoms with E-state index in [1.165, 1.54) is 32.1 Å². The van der Waals surface area contributed by atoms with Crippen LogP contribution >= 0.6 is 0 Å². The summed E-state index contributed by atoms with van der Waals surface area (Å²) < 4.78 is 5.64. The van der Waals surface area contributed by atoms with Crippen molar-refractivity contribution in [2.45, 2.75) is 119 Å². The number of nitrogens with zero attached hydrogens (tertiary/aromatic N) is 2. The Bertz CT molecular complexity index is 1400. The van der Waals surface area contributed by atoms with Gasteiger partial charge in [-0.1, -0.05) is 72.2 Å². The number of aliphatic hydroxyl groups excluding tert-OH is 1. The van der Waals surface area contributed by atoms with Crippen molar-refractivity contribution in [3.63, 3.8) is 0 Å². The Kier molecular flexibility index (Phi) is 7.60. The van der Waals surface area contributed by atoms with E-state index in [1.807, 2.05) is 12.1 Å². The van der Waals surface area contributed by atoms with Gasteiger partial charge in [-0.15, -0.1) is 0 Å². The smallest absolute Gasteiger partial charge is 0.228 e. The molecule has 5 nitrogen and oxygen atoms in total. The average molecular weight is 631 g/mol. The van der Waals surface area contributed by atoms with E-state index in [-0.39, 0.29) is 38.6 Å². The van der Waals surface area contributed by atoms with Gasteiger partial charge in [0.2, 0.25) is 5.91 Å². The lowest BCUT2D eigenvalue weighted by molar-refractivity contribution is -0.203. The molecule has 4 saturated carbocycles. The highest BCUT2D eigenvalue weighted by Gasteiger charge is 2.68. The van der Waals surface area contributed by atoms with E-state index in [0.717, 1.165) is 69.7 Å². The summed E-state index contributed by atoms with van der Waals surface area (Å²) in [6, 6.07) is 8.25. The molecular weight excluding hydrogens is 568 g/mol. The zero-order valence-electron chi connectivity index (χ0n) is 30.3. The monoisotopic (exact) mass is 630 g/mol. The van der Waals surface area contributed by atoms with Gasteiger partial charge in [-0.25, -0.2) is 0 Å². The van der Waals surface area contributed by atoms with Crippen LogP contribution in [-0.2, 0) is 4.79 Å². The Morgan fingerprint density at radius 1 is 0.848 bits per heavy atom. The third-order valence-electron chi connectivity index (χ3n) is 16.3. The Morgan fingerprint density at radius 3 is 2.26 bits per heavy atom. The molecule has 5 aliphatic carbocycles. The fraction of sp³-hybridized carbons (Fsp3) is 0.780. The van der Waals surface area contributed by atoms with Crippen LogP contribution in [0.1, 0.15) is 113 Å². The first-order valence-corrected chi connectivity index (χ1v) is 18.7. The fourth-order valence-electron chi connectivity index (χ4n) is 13.0. The molecule has 0 aromatic heterocycles. The molecule has 1 aromatic carbocycles. The molecule has 7 rings (SSSR count). The normalized spacial score (nSPS) is 45.0. The number of piperazine rings is 1. The summed E-state index contributed by atoms with van der Waals surface area (Å²) >= 11 is 0. The topological polar surface area (TPSA) is 53.0 Å². The van der Waals surface area contributed by atoms with Crippen molar-refractivity contribution in [1.29, 1.82) is 0 Å². The maximum absolute atomic E-state index is 14.5. The van der Waals surface area contributed by atoms with Crippen LogP contribution in [0.2, 0.25) is 0 Å². The van der Waals surface area contributed by atoms with Gasteiger partial charge in [-0.3, -0.25) is 4.79 Å². The van der Waals surface area contributed by atoms with Gasteiger partial charge in [0.05, 0.1) is 18.9 Å². The van der Waals surface area contributed by atoms with Gasteiger partial charge in [-0.2, -0.15) is 0 Å². The maximum atomic E-state index is 14.5. The van der Waals surface area contributed by atoms with Gasteiger partial charge in [0, 0.05) is 31.6 Å². The molecule has 1 aliphatic heterocycles. The second-order valence-electron chi connectivity index (χ2n) is 18.6. The summed E-state index contributed by atoms with van der Waals surface area (Å²) in [5, 5.41) is 11.1. The molecule has 0 bridgehead atoms. The number of hydrogen-bond acceptors (Lipinski definition) is 4. The number of allylic oxidation sites excluding steroid dienone is 2. The van der Waals surface area contributed by atoms with E-state index < -0.39 is 0 Å². The minimum absolute atomic E-state index is 0.0193. The van der Waals surface area contributed by atoms with Crippen molar-refractivity contribution >= 4 is 11.6 Å². The fourth-order valence-corrected chi connectivity index (χ4v) is 13.0. The van der Waals surface area contributed by atoms with E-state index >= 15 is 0 Å². The SMILES string of the molecule is COc1ccccc1N1CCN(C(=O)[C@@]2(C)CC[C@]3(C)CC[C@]4(C)C(=CC[C@@H]5[C@@]6(C)CC[C@H](O)C(C)(C)[C@@H]6CC[C@]54C)[C@@H]3C2)CC1. The number of aliphatic hydroxyl groups is 1. The Balaban J connectivity index is 1.13. The molecule has 6 aliphatic rings. The van der Waals surface area contributed by atoms with E-state index in [0.29, 0.717) is 23.7 Å². The summed E-state index contributed by atoms with van der Waals surface area (Å²) in [7, 11) is 1.74. The second kappa shape index (κ2) is 10.7. The van der Waals surface area contributed by atoms with Gasteiger partial charge in [0.1, 0.15) is 5.75 Å². The number of hydrogen-bond donors (Lipinski definition) is 1. The van der Waals surface area contributed by atoms with Crippen molar-refractivity contribution < 1.29 is 14.6 Å². The lowest BCUT2D eigenvalue weighted by Crippen LogP contribution is -2.64. The quantitative estimate of drug-likeness (QED) is 0.340. The summed E-state index contributed by atoms with van der Waals surface area (Å²) in [5.74, 6) is 3.01. The van der Waals surface area contributed by atoms with Gasteiger partial charge in [0.15, 0.2) is 0 Å². The number of amides is 1. The first-order valence-electron chi connectivity index (χ1n) is 18.7. The molecule has 1 heterocycles. The first-order chi connectivity index (χ1) is 21.6. The largest absolute Gasteiger partial charge is 0.495 e. The van der Waals surface area contributed by atoms with Crippen molar-refractivity contribution in [1.82, 2.24) is 4.90 Å². The summed E-state index contributed by atoms with van der Waals surface area (Å²) in [4.78, 5) is 19.0. The van der Waals surface area contributed by atoms with Crippen molar-refractivity contribution in [2.24, 2.45) is 50.2 Å². The van der Waals surface area contributed by atoms with Gasteiger partial charge >= 0.3 is 0 Å². The third-order valence-corrected chi connectivity index (χ3v) is 16.3. The van der Waals surface area contributed by atoms with Crippen molar-refractivity contribution in [2.75, 3.05) is 38.2 Å². The Labute approximate surface area is 279 Å². The molecule has 1 saturated heterocycles. The van der Waals surface area contributed by atoms with Crippen LogP contribution in [0.4, 0.5) is 5.69 Å². The van der Waals surface area contributed by atoms with Gasteiger partial charge in [0.25, 0.3) is 0 Å². The number of rotatable bonds is 3. The van der Waals surface area contributed by atoms with Gasteiger partial charge < -0.3 is 19.6 Å². The molecule has 5 fully saturated rings. The Hall–Kier alpha value is -2.01. The lowest BCUT2D eigenvalue weighted by atomic mass is 9.33. The van der Waals surface area contributed by atoms with Crippen molar-refractivity contribution in [3.8, 4) is 5.75 Å². The molecule has 1 amide bonds. The van der Waals surface area contributed by atoms with Crippen LogP contribution in [0, 0.1) is 50.2 Å². The highest BCUT2D eigenvalue weighted by molar-refractivity contribution is 5.83. The van der Waals surface area contributed by atoms with Gasteiger partial charge in [-0.05, 0) is 121 Å². The van der Waals surface area contributed by atoms with Crippen LogP contribution in [0.25, 0.3) is 0 Å². The number of fused-ring (bicyclic) bond motifs is 7. The Morgan fingerprint density at radius 2 is 1.54 bits per heavy atom. The summed E-state index contributed by atoms with van der Waals surface area (Å²) in [6.45, 7) is 20.7. The molecule has 1 N–H and O–H groups in total. The van der Waals surface area contributed by atoms with E-state index in [4.69, 9.17) is 4.74 Å². The zero-order valence-corrected chi connectivity index (χ0v) is 30.3.